The number of hydrogen-bond donors (Lipinski definition) is 0. The molecule has 5 nitrogen and oxygen atoms in total. The normalized spacial score (nSPS) is 16.2. The molecule has 0 bridgehead atoms. The Balaban J connectivity index is 1.79. The highest BCUT2D eigenvalue weighted by atomic mass is 35.5. The third kappa shape index (κ3) is 3.58. The lowest BCUT2D eigenvalue weighted by molar-refractivity contribution is -0.132. The molecule has 2 aromatic carbocycles. The average molecular weight is 408 g/mol. The van der Waals surface area contributed by atoms with E-state index >= 15 is 0 Å². The van der Waals surface area contributed by atoms with Crippen molar-refractivity contribution >= 4 is 34.1 Å². The Labute approximate surface area is 175 Å². The van der Waals surface area contributed by atoms with Crippen LogP contribution in [-0.2, 0) is 4.79 Å². The molecule has 1 aromatic heterocycles. The molecule has 1 unspecified atom stereocenters. The summed E-state index contributed by atoms with van der Waals surface area (Å²) in [6, 6.07) is 15.6. The summed E-state index contributed by atoms with van der Waals surface area (Å²) < 4.78 is 5.40. The van der Waals surface area contributed by atoms with E-state index in [1.807, 2.05) is 56.3 Å². The van der Waals surface area contributed by atoms with Crippen molar-refractivity contribution in [3.05, 3.63) is 70.4 Å². The molecule has 0 N–H and O–H groups in total. The molecular weight excluding hydrogens is 386 g/mol. The maximum Gasteiger partial charge on any atom is 0.242 e. The van der Waals surface area contributed by atoms with Gasteiger partial charge in [-0.15, -0.1) is 0 Å². The lowest BCUT2D eigenvalue weighted by Gasteiger charge is -2.22. The predicted octanol–water partition coefficient (Wildman–Crippen LogP) is 5.29. The molecule has 0 spiro atoms. The first-order valence-corrected chi connectivity index (χ1v) is 9.99. The number of hydrazone groups is 1. The molecule has 2 heterocycles. The fraction of sp³-hybridized carbons (Fsp3) is 0.261. The van der Waals surface area contributed by atoms with Crippen LogP contribution in [0.2, 0.25) is 5.15 Å². The minimum absolute atomic E-state index is 0.0422. The number of fused-ring (bicyclic) bond motifs is 1. The Hall–Kier alpha value is -2.92. The molecule has 0 aliphatic carbocycles. The number of amides is 1. The molecule has 1 amide bonds. The number of nitrogens with zero attached hydrogens (tertiary/aromatic N) is 3. The Morgan fingerprint density at radius 3 is 2.76 bits per heavy atom. The second-order valence-electron chi connectivity index (χ2n) is 7.13. The van der Waals surface area contributed by atoms with Crippen LogP contribution in [0.3, 0.4) is 0 Å². The molecule has 1 aliphatic heterocycles. The Bertz CT molecular complexity index is 1130. The molecule has 3 aromatic rings. The van der Waals surface area contributed by atoms with Crippen molar-refractivity contribution < 1.29 is 9.53 Å². The third-order valence-corrected chi connectivity index (χ3v) is 5.49. The molecule has 0 radical (unpaired) electrons. The van der Waals surface area contributed by atoms with Crippen LogP contribution in [-0.4, -0.2) is 28.7 Å². The zero-order chi connectivity index (χ0) is 20.5. The van der Waals surface area contributed by atoms with Gasteiger partial charge in [0.2, 0.25) is 5.91 Å². The second-order valence-corrected chi connectivity index (χ2v) is 7.49. The summed E-state index contributed by atoms with van der Waals surface area (Å²) in [5.74, 6) is 0.625. The third-order valence-electron chi connectivity index (χ3n) is 5.19. The smallest absolute Gasteiger partial charge is 0.242 e. The summed E-state index contributed by atoms with van der Waals surface area (Å²) in [6.07, 6.45) is 0.958. The first-order chi connectivity index (χ1) is 14.0. The van der Waals surface area contributed by atoms with Crippen LogP contribution >= 0.6 is 11.6 Å². The maximum absolute atomic E-state index is 12.7. The van der Waals surface area contributed by atoms with Crippen LogP contribution in [0.15, 0.2) is 53.6 Å². The number of carbonyl (C=O) groups is 1. The number of aromatic nitrogens is 1. The van der Waals surface area contributed by atoms with Gasteiger partial charge in [-0.05, 0) is 24.6 Å². The van der Waals surface area contributed by atoms with Gasteiger partial charge in [0.05, 0.1) is 18.9 Å². The van der Waals surface area contributed by atoms with Crippen LogP contribution in [0, 0.1) is 6.92 Å². The quantitative estimate of drug-likeness (QED) is 0.552. The van der Waals surface area contributed by atoms with Crippen molar-refractivity contribution in [3.8, 4) is 5.75 Å². The van der Waals surface area contributed by atoms with E-state index < -0.39 is 0 Å². The van der Waals surface area contributed by atoms with E-state index in [0.29, 0.717) is 29.3 Å². The molecule has 148 valence electrons. The van der Waals surface area contributed by atoms with Crippen LogP contribution in [0.1, 0.15) is 42.5 Å². The first kappa shape index (κ1) is 19.4. The van der Waals surface area contributed by atoms with E-state index in [1.165, 1.54) is 0 Å². The van der Waals surface area contributed by atoms with Gasteiger partial charge in [-0.2, -0.15) is 5.10 Å². The molecule has 29 heavy (non-hydrogen) atoms. The number of benzene rings is 2. The highest BCUT2D eigenvalue weighted by molar-refractivity contribution is 6.30. The number of ether oxygens (including phenoxy) is 1. The van der Waals surface area contributed by atoms with Crippen molar-refractivity contribution in [2.75, 3.05) is 7.11 Å². The van der Waals surface area contributed by atoms with Gasteiger partial charge in [0, 0.05) is 23.8 Å². The second kappa shape index (κ2) is 7.84. The summed E-state index contributed by atoms with van der Waals surface area (Å²) >= 11 is 6.59. The number of aryl methyl sites for hydroxylation is 1. The van der Waals surface area contributed by atoms with Crippen molar-refractivity contribution in [2.24, 2.45) is 5.10 Å². The van der Waals surface area contributed by atoms with Gasteiger partial charge in [-0.1, -0.05) is 60.5 Å². The summed E-state index contributed by atoms with van der Waals surface area (Å²) in [6.45, 7) is 3.88. The molecule has 6 heteroatoms. The van der Waals surface area contributed by atoms with E-state index in [1.54, 1.807) is 12.1 Å². The summed E-state index contributed by atoms with van der Waals surface area (Å²) in [5.41, 5.74) is 4.55. The SMILES string of the molecule is CCC(=O)N1N=C(c2cccc(C)c2)CC1c1cc2cccc(OC)c2nc1Cl. The number of hydrogen-bond acceptors (Lipinski definition) is 4. The van der Waals surface area contributed by atoms with Crippen molar-refractivity contribution in [1.29, 1.82) is 0 Å². The zero-order valence-electron chi connectivity index (χ0n) is 16.6. The van der Waals surface area contributed by atoms with E-state index in [2.05, 4.69) is 16.2 Å². The van der Waals surface area contributed by atoms with E-state index in [-0.39, 0.29) is 11.9 Å². The predicted molar refractivity (Wildman–Crippen MR) is 116 cm³/mol. The van der Waals surface area contributed by atoms with Gasteiger partial charge < -0.3 is 4.74 Å². The fourth-order valence-electron chi connectivity index (χ4n) is 3.71. The zero-order valence-corrected chi connectivity index (χ0v) is 17.4. The number of para-hydroxylation sites is 1. The van der Waals surface area contributed by atoms with Gasteiger partial charge in [-0.25, -0.2) is 9.99 Å². The van der Waals surface area contributed by atoms with Gasteiger partial charge >= 0.3 is 0 Å². The summed E-state index contributed by atoms with van der Waals surface area (Å²) in [7, 11) is 1.61. The van der Waals surface area contributed by atoms with Crippen molar-refractivity contribution in [1.82, 2.24) is 9.99 Å². The average Bonchev–Trinajstić information content (AvgIpc) is 3.17. The molecule has 0 saturated carbocycles. The highest BCUT2D eigenvalue weighted by Crippen LogP contribution is 2.38. The van der Waals surface area contributed by atoms with Crippen molar-refractivity contribution in [2.45, 2.75) is 32.7 Å². The van der Waals surface area contributed by atoms with Crippen LogP contribution in [0.25, 0.3) is 10.9 Å². The Morgan fingerprint density at radius 2 is 2.03 bits per heavy atom. The fourth-order valence-corrected chi connectivity index (χ4v) is 3.97. The standard InChI is InChI=1S/C23H22ClN3O2/c1-4-21(28)27-19(13-18(26-27)15-8-5-7-14(2)11-15)17-12-16-9-6-10-20(29-3)22(16)25-23(17)24/h5-12,19H,4,13H2,1-3H3. The summed E-state index contributed by atoms with van der Waals surface area (Å²) in [4.78, 5) is 17.2. The minimum Gasteiger partial charge on any atom is -0.494 e. The van der Waals surface area contributed by atoms with Crippen LogP contribution < -0.4 is 4.74 Å². The first-order valence-electron chi connectivity index (χ1n) is 9.61. The Kier molecular flexibility index (Phi) is 5.24. The van der Waals surface area contributed by atoms with Gasteiger partial charge in [0.1, 0.15) is 16.4 Å². The minimum atomic E-state index is -0.284. The van der Waals surface area contributed by atoms with Crippen molar-refractivity contribution in [3.63, 3.8) is 0 Å². The number of halogens is 1. The van der Waals surface area contributed by atoms with Gasteiger partial charge in [-0.3, -0.25) is 4.79 Å². The van der Waals surface area contributed by atoms with Gasteiger partial charge in [0.25, 0.3) is 0 Å². The molecular formula is C23H22ClN3O2. The molecule has 1 aliphatic rings. The molecule has 0 fully saturated rings. The van der Waals surface area contributed by atoms with Crippen LogP contribution in [0.5, 0.6) is 5.75 Å². The van der Waals surface area contributed by atoms with E-state index in [0.717, 1.165) is 27.8 Å². The van der Waals surface area contributed by atoms with E-state index in [9.17, 15) is 4.79 Å². The molecule has 0 saturated heterocycles. The highest BCUT2D eigenvalue weighted by Gasteiger charge is 2.34. The number of pyridine rings is 1. The number of carbonyl (C=O) groups excluding carboxylic acids is 1. The van der Waals surface area contributed by atoms with Gasteiger partial charge in [0.15, 0.2) is 0 Å². The summed E-state index contributed by atoms with van der Waals surface area (Å²) in [5, 5.41) is 7.51. The lowest BCUT2D eigenvalue weighted by Crippen LogP contribution is -2.26. The molecule has 1 atom stereocenters. The van der Waals surface area contributed by atoms with E-state index in [4.69, 9.17) is 16.3 Å². The molecule has 4 rings (SSSR count). The topological polar surface area (TPSA) is 54.8 Å². The number of rotatable bonds is 4. The lowest BCUT2D eigenvalue weighted by atomic mass is 9.97. The number of methoxy groups -OCH3 is 1. The largest absolute Gasteiger partial charge is 0.494 e. The Morgan fingerprint density at radius 1 is 1.24 bits per heavy atom. The maximum atomic E-state index is 12.7. The monoisotopic (exact) mass is 407 g/mol. The van der Waals surface area contributed by atoms with Crippen LogP contribution in [0.4, 0.5) is 0 Å².